The summed E-state index contributed by atoms with van der Waals surface area (Å²) in [5, 5.41) is 4.38. The molecule has 0 saturated heterocycles. The molecule has 1 aromatic heterocycles. The van der Waals surface area contributed by atoms with Crippen molar-refractivity contribution in [2.75, 3.05) is 19.0 Å². The molecule has 0 bridgehead atoms. The molecule has 1 heterocycles. The van der Waals surface area contributed by atoms with Gasteiger partial charge in [-0.3, -0.25) is 0 Å². The Morgan fingerprint density at radius 1 is 1.35 bits per heavy atom. The molecule has 2 rings (SSSR count). The molecule has 4 heteroatoms. The Kier molecular flexibility index (Phi) is 4.20. The Labute approximate surface area is 106 Å². The fraction of sp³-hybridized carbons (Fsp3) is 0.462. The van der Waals surface area contributed by atoms with Crippen molar-refractivity contribution >= 4 is 26.7 Å². The maximum atomic E-state index is 5.20. The van der Waals surface area contributed by atoms with Gasteiger partial charge in [0, 0.05) is 6.54 Å². The highest BCUT2D eigenvalue weighted by molar-refractivity contribution is 7.22. The highest BCUT2D eigenvalue weighted by Crippen LogP contribution is 2.29. The van der Waals surface area contributed by atoms with Crippen molar-refractivity contribution in [2.24, 2.45) is 0 Å². The van der Waals surface area contributed by atoms with Gasteiger partial charge < -0.3 is 10.1 Å². The molecular weight excluding hydrogens is 232 g/mol. The van der Waals surface area contributed by atoms with Gasteiger partial charge in [-0.2, -0.15) is 0 Å². The largest absolute Gasteiger partial charge is 0.497 e. The van der Waals surface area contributed by atoms with E-state index in [-0.39, 0.29) is 0 Å². The van der Waals surface area contributed by atoms with Gasteiger partial charge in [-0.1, -0.05) is 31.1 Å². The molecule has 3 nitrogen and oxygen atoms in total. The molecule has 0 atom stereocenters. The number of hydrogen-bond donors (Lipinski definition) is 1. The van der Waals surface area contributed by atoms with Crippen LogP contribution >= 0.6 is 11.3 Å². The van der Waals surface area contributed by atoms with E-state index < -0.39 is 0 Å². The molecule has 17 heavy (non-hydrogen) atoms. The Hall–Kier alpha value is -1.29. The van der Waals surface area contributed by atoms with E-state index in [0.717, 1.165) is 22.9 Å². The van der Waals surface area contributed by atoms with Crippen molar-refractivity contribution < 1.29 is 4.74 Å². The molecule has 0 amide bonds. The average molecular weight is 250 g/mol. The third kappa shape index (κ3) is 3.09. The lowest BCUT2D eigenvalue weighted by Gasteiger charge is -1.99. The number of nitrogens with one attached hydrogen (secondary N) is 1. The van der Waals surface area contributed by atoms with Gasteiger partial charge >= 0.3 is 0 Å². The van der Waals surface area contributed by atoms with Crippen LogP contribution < -0.4 is 10.1 Å². The normalized spacial score (nSPS) is 10.7. The van der Waals surface area contributed by atoms with E-state index in [1.807, 2.05) is 18.2 Å². The molecule has 0 spiro atoms. The predicted molar refractivity (Wildman–Crippen MR) is 74.2 cm³/mol. The Morgan fingerprint density at radius 2 is 2.24 bits per heavy atom. The van der Waals surface area contributed by atoms with Gasteiger partial charge in [0.25, 0.3) is 0 Å². The van der Waals surface area contributed by atoms with Crippen LogP contribution in [0, 0.1) is 0 Å². The van der Waals surface area contributed by atoms with Gasteiger partial charge in [-0.05, 0) is 24.6 Å². The first-order valence-electron chi connectivity index (χ1n) is 6.02. The lowest BCUT2D eigenvalue weighted by Crippen LogP contribution is -2.00. The maximum absolute atomic E-state index is 5.20. The number of rotatable bonds is 6. The van der Waals surface area contributed by atoms with Crippen LogP contribution in [-0.4, -0.2) is 18.6 Å². The number of unbranched alkanes of at least 4 members (excludes halogenated alkanes) is 2. The SMILES string of the molecule is CCCCCNc1nc2ccc(OC)cc2s1. The second kappa shape index (κ2) is 5.87. The van der Waals surface area contributed by atoms with E-state index >= 15 is 0 Å². The number of nitrogens with zero attached hydrogens (tertiary/aromatic N) is 1. The highest BCUT2D eigenvalue weighted by atomic mass is 32.1. The minimum Gasteiger partial charge on any atom is -0.497 e. The number of anilines is 1. The predicted octanol–water partition coefficient (Wildman–Crippen LogP) is 3.91. The van der Waals surface area contributed by atoms with Gasteiger partial charge in [0.05, 0.1) is 17.3 Å². The Morgan fingerprint density at radius 3 is 3.00 bits per heavy atom. The third-order valence-corrected chi connectivity index (χ3v) is 3.63. The van der Waals surface area contributed by atoms with Crippen LogP contribution in [0.3, 0.4) is 0 Å². The summed E-state index contributed by atoms with van der Waals surface area (Å²) >= 11 is 1.68. The van der Waals surface area contributed by atoms with E-state index in [4.69, 9.17) is 4.74 Å². The van der Waals surface area contributed by atoms with E-state index in [1.54, 1.807) is 18.4 Å². The molecule has 0 aliphatic heterocycles. The van der Waals surface area contributed by atoms with Gasteiger partial charge in [0.1, 0.15) is 5.75 Å². The zero-order chi connectivity index (χ0) is 12.1. The highest BCUT2D eigenvalue weighted by Gasteiger charge is 2.04. The number of methoxy groups -OCH3 is 1. The van der Waals surface area contributed by atoms with Crippen LogP contribution in [-0.2, 0) is 0 Å². The number of aromatic nitrogens is 1. The van der Waals surface area contributed by atoms with Crippen molar-refractivity contribution in [3.8, 4) is 5.75 Å². The molecule has 0 aliphatic rings. The van der Waals surface area contributed by atoms with E-state index in [1.165, 1.54) is 24.0 Å². The molecule has 0 aliphatic carbocycles. The summed E-state index contributed by atoms with van der Waals surface area (Å²) in [6, 6.07) is 5.98. The van der Waals surface area contributed by atoms with E-state index in [9.17, 15) is 0 Å². The Bertz CT molecular complexity index is 481. The van der Waals surface area contributed by atoms with Gasteiger partial charge in [0.2, 0.25) is 0 Å². The molecular formula is C13H18N2OS. The van der Waals surface area contributed by atoms with Gasteiger partial charge in [-0.25, -0.2) is 4.98 Å². The fourth-order valence-electron chi connectivity index (χ4n) is 1.68. The van der Waals surface area contributed by atoms with Crippen LogP contribution in [0.1, 0.15) is 26.2 Å². The number of hydrogen-bond acceptors (Lipinski definition) is 4. The van der Waals surface area contributed by atoms with Crippen molar-refractivity contribution in [2.45, 2.75) is 26.2 Å². The standard InChI is InChI=1S/C13H18N2OS/c1-3-4-5-8-14-13-15-11-7-6-10(16-2)9-12(11)17-13/h6-7,9H,3-5,8H2,1-2H3,(H,14,15). The van der Waals surface area contributed by atoms with Crippen LogP contribution in [0.4, 0.5) is 5.13 Å². The topological polar surface area (TPSA) is 34.2 Å². The van der Waals surface area contributed by atoms with Crippen molar-refractivity contribution in [3.63, 3.8) is 0 Å². The zero-order valence-corrected chi connectivity index (χ0v) is 11.1. The number of ether oxygens (including phenoxy) is 1. The quantitative estimate of drug-likeness (QED) is 0.789. The number of thiazole rings is 1. The summed E-state index contributed by atoms with van der Waals surface area (Å²) < 4.78 is 6.37. The number of fused-ring (bicyclic) bond motifs is 1. The first-order valence-corrected chi connectivity index (χ1v) is 6.83. The minimum atomic E-state index is 0.888. The van der Waals surface area contributed by atoms with E-state index in [2.05, 4.69) is 17.2 Å². The van der Waals surface area contributed by atoms with Crippen LogP contribution in [0.25, 0.3) is 10.2 Å². The molecule has 0 unspecified atom stereocenters. The molecule has 0 fully saturated rings. The summed E-state index contributed by atoms with van der Waals surface area (Å²) in [5.41, 5.74) is 1.04. The molecule has 1 aromatic carbocycles. The van der Waals surface area contributed by atoms with Crippen molar-refractivity contribution in [1.29, 1.82) is 0 Å². The molecule has 2 aromatic rings. The van der Waals surface area contributed by atoms with Gasteiger partial charge in [-0.15, -0.1) is 0 Å². The molecule has 1 N–H and O–H groups in total. The minimum absolute atomic E-state index is 0.888. The van der Waals surface area contributed by atoms with Crippen LogP contribution in [0.15, 0.2) is 18.2 Å². The lowest BCUT2D eigenvalue weighted by atomic mass is 10.2. The van der Waals surface area contributed by atoms with Crippen LogP contribution in [0.2, 0.25) is 0 Å². The average Bonchev–Trinajstić information content (AvgIpc) is 2.76. The third-order valence-electron chi connectivity index (χ3n) is 2.65. The fourth-order valence-corrected chi connectivity index (χ4v) is 2.60. The monoisotopic (exact) mass is 250 g/mol. The summed E-state index contributed by atoms with van der Waals surface area (Å²) in [4.78, 5) is 4.54. The van der Waals surface area contributed by atoms with Crippen LogP contribution in [0.5, 0.6) is 5.75 Å². The summed E-state index contributed by atoms with van der Waals surface area (Å²) in [5.74, 6) is 0.888. The summed E-state index contributed by atoms with van der Waals surface area (Å²) in [6.07, 6.45) is 3.72. The van der Waals surface area contributed by atoms with Crippen molar-refractivity contribution in [3.05, 3.63) is 18.2 Å². The van der Waals surface area contributed by atoms with Crippen molar-refractivity contribution in [1.82, 2.24) is 4.98 Å². The molecule has 0 radical (unpaired) electrons. The summed E-state index contributed by atoms with van der Waals surface area (Å²) in [6.45, 7) is 3.22. The smallest absolute Gasteiger partial charge is 0.183 e. The van der Waals surface area contributed by atoms with Gasteiger partial charge in [0.15, 0.2) is 5.13 Å². The summed E-state index contributed by atoms with van der Waals surface area (Å²) in [7, 11) is 1.69. The van der Waals surface area contributed by atoms with E-state index in [0.29, 0.717) is 0 Å². The second-order valence-corrected chi connectivity index (χ2v) is 5.02. The second-order valence-electron chi connectivity index (χ2n) is 3.99. The number of benzene rings is 1. The lowest BCUT2D eigenvalue weighted by molar-refractivity contribution is 0.415. The Balaban J connectivity index is 2.04. The first-order chi connectivity index (χ1) is 8.33. The zero-order valence-electron chi connectivity index (χ0n) is 10.3. The molecule has 92 valence electrons. The maximum Gasteiger partial charge on any atom is 0.183 e. The first kappa shape index (κ1) is 12.2. The molecule has 0 saturated carbocycles.